The zero-order valence-electron chi connectivity index (χ0n) is 15.7. The number of anilines is 2. The molecule has 8 heteroatoms. The zero-order chi connectivity index (χ0) is 20.1. The number of hydrazine groups is 1. The number of fused-ring (bicyclic) bond motifs is 1. The number of rotatable bonds is 6. The lowest BCUT2D eigenvalue weighted by Crippen LogP contribution is -2.35. The van der Waals surface area contributed by atoms with Crippen molar-refractivity contribution in [1.29, 1.82) is 0 Å². The Bertz CT molecular complexity index is 1070. The summed E-state index contributed by atoms with van der Waals surface area (Å²) in [5.41, 5.74) is 7.17. The fourth-order valence-corrected chi connectivity index (χ4v) is 2.82. The van der Waals surface area contributed by atoms with Crippen LogP contribution in [0.25, 0.3) is 10.9 Å². The Morgan fingerprint density at radius 1 is 1.07 bits per heavy atom. The summed E-state index contributed by atoms with van der Waals surface area (Å²) in [6.07, 6.45) is 0.136. The van der Waals surface area contributed by atoms with Gasteiger partial charge in [0, 0.05) is 19.2 Å². The fourth-order valence-electron chi connectivity index (χ4n) is 2.82. The molecule has 0 aliphatic heterocycles. The van der Waals surface area contributed by atoms with E-state index in [1.807, 2.05) is 6.92 Å². The molecule has 1 heterocycles. The molecule has 0 aliphatic carbocycles. The lowest BCUT2D eigenvalue weighted by Gasteiger charge is -2.14. The SMILES string of the molecule is CCn1c(NNC(=O)Cc2ccc(NC(C)=O)cc2)nc2ccccc2c1=O. The van der Waals surface area contributed by atoms with Crippen LogP contribution >= 0.6 is 0 Å². The summed E-state index contributed by atoms with van der Waals surface area (Å²) < 4.78 is 1.46. The van der Waals surface area contributed by atoms with Gasteiger partial charge in [-0.3, -0.25) is 29.8 Å². The van der Waals surface area contributed by atoms with Gasteiger partial charge in [0.1, 0.15) is 0 Å². The second-order valence-electron chi connectivity index (χ2n) is 6.23. The van der Waals surface area contributed by atoms with Gasteiger partial charge >= 0.3 is 0 Å². The van der Waals surface area contributed by atoms with Gasteiger partial charge in [0.25, 0.3) is 5.56 Å². The van der Waals surface area contributed by atoms with E-state index in [-0.39, 0.29) is 29.7 Å². The highest BCUT2D eigenvalue weighted by atomic mass is 16.2. The minimum absolute atomic E-state index is 0.136. The van der Waals surface area contributed by atoms with Crippen molar-refractivity contribution < 1.29 is 9.59 Å². The molecule has 3 rings (SSSR count). The van der Waals surface area contributed by atoms with Crippen molar-refractivity contribution >= 4 is 34.4 Å². The molecule has 3 aromatic rings. The summed E-state index contributed by atoms with van der Waals surface area (Å²) in [7, 11) is 0. The number of benzene rings is 2. The normalized spacial score (nSPS) is 10.5. The van der Waals surface area contributed by atoms with E-state index < -0.39 is 0 Å². The van der Waals surface area contributed by atoms with Gasteiger partial charge in [0.05, 0.1) is 17.3 Å². The first-order valence-corrected chi connectivity index (χ1v) is 8.89. The summed E-state index contributed by atoms with van der Waals surface area (Å²) in [6, 6.07) is 14.1. The molecule has 0 fully saturated rings. The van der Waals surface area contributed by atoms with Crippen molar-refractivity contribution in [2.24, 2.45) is 0 Å². The van der Waals surface area contributed by atoms with E-state index in [1.54, 1.807) is 48.5 Å². The van der Waals surface area contributed by atoms with E-state index in [4.69, 9.17) is 0 Å². The number of amides is 2. The number of nitrogens with zero attached hydrogens (tertiary/aromatic N) is 2. The average molecular weight is 379 g/mol. The van der Waals surface area contributed by atoms with Gasteiger partial charge in [0.2, 0.25) is 17.8 Å². The Morgan fingerprint density at radius 2 is 1.79 bits per heavy atom. The summed E-state index contributed by atoms with van der Waals surface area (Å²) in [4.78, 5) is 40.3. The quantitative estimate of drug-likeness (QED) is 0.569. The van der Waals surface area contributed by atoms with Crippen LogP contribution in [0.15, 0.2) is 53.3 Å². The molecule has 144 valence electrons. The maximum Gasteiger partial charge on any atom is 0.262 e. The third-order valence-electron chi connectivity index (χ3n) is 4.13. The largest absolute Gasteiger partial charge is 0.326 e. The van der Waals surface area contributed by atoms with E-state index in [1.165, 1.54) is 11.5 Å². The molecule has 0 aliphatic rings. The molecule has 0 unspecified atom stereocenters. The van der Waals surface area contributed by atoms with Gasteiger partial charge in [-0.15, -0.1) is 0 Å². The van der Waals surface area contributed by atoms with Gasteiger partial charge in [-0.2, -0.15) is 0 Å². The molecular formula is C20H21N5O3. The smallest absolute Gasteiger partial charge is 0.262 e. The molecule has 0 bridgehead atoms. The second-order valence-corrected chi connectivity index (χ2v) is 6.23. The van der Waals surface area contributed by atoms with Gasteiger partial charge < -0.3 is 5.32 Å². The average Bonchev–Trinajstić information content (AvgIpc) is 2.68. The highest BCUT2D eigenvalue weighted by Gasteiger charge is 2.10. The van der Waals surface area contributed by atoms with Crippen LogP contribution in [0.1, 0.15) is 19.4 Å². The third-order valence-corrected chi connectivity index (χ3v) is 4.13. The Balaban J connectivity index is 1.69. The highest BCUT2D eigenvalue weighted by molar-refractivity contribution is 5.88. The summed E-state index contributed by atoms with van der Waals surface area (Å²) in [6.45, 7) is 3.69. The number of aromatic nitrogens is 2. The first kappa shape index (κ1) is 19.1. The Hall–Kier alpha value is -3.68. The van der Waals surface area contributed by atoms with Crippen molar-refractivity contribution in [3.8, 4) is 0 Å². The Kier molecular flexibility index (Phi) is 5.69. The molecule has 0 radical (unpaired) electrons. The van der Waals surface area contributed by atoms with Crippen LogP contribution in [-0.4, -0.2) is 21.4 Å². The van der Waals surface area contributed by atoms with E-state index in [0.29, 0.717) is 23.1 Å². The maximum atomic E-state index is 12.6. The van der Waals surface area contributed by atoms with Crippen LogP contribution in [0.4, 0.5) is 11.6 Å². The van der Waals surface area contributed by atoms with Crippen LogP contribution in [0.3, 0.4) is 0 Å². The predicted molar refractivity (Wildman–Crippen MR) is 108 cm³/mol. The minimum atomic E-state index is -0.280. The molecular weight excluding hydrogens is 358 g/mol. The molecule has 3 N–H and O–H groups in total. The van der Waals surface area contributed by atoms with Gasteiger partial charge in [-0.1, -0.05) is 24.3 Å². The van der Waals surface area contributed by atoms with Crippen LogP contribution in [0, 0.1) is 0 Å². The van der Waals surface area contributed by atoms with E-state index in [9.17, 15) is 14.4 Å². The second kappa shape index (κ2) is 8.34. The molecule has 8 nitrogen and oxygen atoms in total. The van der Waals surface area contributed by atoms with E-state index >= 15 is 0 Å². The fraction of sp³-hybridized carbons (Fsp3) is 0.200. The lowest BCUT2D eigenvalue weighted by atomic mass is 10.1. The molecule has 0 saturated carbocycles. The summed E-state index contributed by atoms with van der Waals surface area (Å²) >= 11 is 0. The maximum absolute atomic E-state index is 12.6. The zero-order valence-corrected chi connectivity index (χ0v) is 15.7. The van der Waals surface area contributed by atoms with Crippen molar-refractivity contribution in [3.05, 3.63) is 64.4 Å². The Morgan fingerprint density at radius 3 is 2.46 bits per heavy atom. The van der Waals surface area contributed by atoms with Gasteiger partial charge in [-0.05, 0) is 36.8 Å². The third kappa shape index (κ3) is 4.35. The molecule has 0 saturated heterocycles. The van der Waals surface area contributed by atoms with Crippen molar-refractivity contribution in [2.75, 3.05) is 10.7 Å². The van der Waals surface area contributed by atoms with Crippen LogP contribution in [0.5, 0.6) is 0 Å². The number of nitrogens with one attached hydrogen (secondary N) is 3. The highest BCUT2D eigenvalue weighted by Crippen LogP contribution is 2.11. The molecule has 2 aromatic carbocycles. The monoisotopic (exact) mass is 379 g/mol. The van der Waals surface area contributed by atoms with Crippen LogP contribution in [-0.2, 0) is 22.6 Å². The molecule has 1 aromatic heterocycles. The summed E-state index contributed by atoms with van der Waals surface area (Å²) in [5, 5.41) is 3.20. The van der Waals surface area contributed by atoms with E-state index in [2.05, 4.69) is 21.2 Å². The lowest BCUT2D eigenvalue weighted by molar-refractivity contribution is -0.120. The molecule has 0 atom stereocenters. The van der Waals surface area contributed by atoms with E-state index in [0.717, 1.165) is 5.56 Å². The van der Waals surface area contributed by atoms with Crippen LogP contribution < -0.4 is 21.7 Å². The molecule has 0 spiro atoms. The van der Waals surface area contributed by atoms with Crippen LogP contribution in [0.2, 0.25) is 0 Å². The Labute approximate surface area is 161 Å². The number of hydrogen-bond donors (Lipinski definition) is 3. The topological polar surface area (TPSA) is 105 Å². The number of para-hydroxylation sites is 1. The predicted octanol–water partition coefficient (Wildman–Crippen LogP) is 2.06. The standard InChI is InChI=1S/C20H21N5O3/c1-3-25-19(28)16-6-4-5-7-17(16)22-20(25)24-23-18(27)12-14-8-10-15(11-9-14)21-13(2)26/h4-11H,3,12H2,1-2H3,(H,21,26)(H,22,24)(H,23,27). The van der Waals surface area contributed by atoms with Gasteiger partial charge in [0.15, 0.2) is 0 Å². The number of carbonyl (C=O) groups excluding carboxylic acids is 2. The van der Waals surface area contributed by atoms with Gasteiger partial charge in [-0.25, -0.2) is 4.98 Å². The first-order chi connectivity index (χ1) is 13.5. The van der Waals surface area contributed by atoms with Crippen molar-refractivity contribution in [3.63, 3.8) is 0 Å². The van der Waals surface area contributed by atoms with Crippen molar-refractivity contribution in [2.45, 2.75) is 26.8 Å². The number of carbonyl (C=O) groups is 2. The van der Waals surface area contributed by atoms with Crippen molar-refractivity contribution in [1.82, 2.24) is 15.0 Å². The first-order valence-electron chi connectivity index (χ1n) is 8.89. The number of hydrogen-bond acceptors (Lipinski definition) is 5. The summed E-state index contributed by atoms with van der Waals surface area (Å²) in [5.74, 6) is -0.155. The molecule has 28 heavy (non-hydrogen) atoms. The molecule has 2 amide bonds. The minimum Gasteiger partial charge on any atom is -0.326 e.